The van der Waals surface area contributed by atoms with E-state index in [4.69, 9.17) is 9.15 Å². The lowest BCUT2D eigenvalue weighted by Gasteiger charge is -2.25. The molecule has 2 heterocycles. The molecule has 0 bridgehead atoms. The van der Waals surface area contributed by atoms with Gasteiger partial charge in [0.05, 0.1) is 6.61 Å². The predicted molar refractivity (Wildman–Crippen MR) is 78.2 cm³/mol. The first-order valence-corrected chi connectivity index (χ1v) is 7.67. The zero-order valence-electron chi connectivity index (χ0n) is 11.9. The number of anilines is 1. The molecule has 5 nitrogen and oxygen atoms in total. The van der Waals surface area contributed by atoms with Gasteiger partial charge in [-0.3, -0.25) is 0 Å². The molecule has 1 atom stereocenters. The van der Waals surface area contributed by atoms with Gasteiger partial charge in [0, 0.05) is 12.5 Å². The van der Waals surface area contributed by atoms with Crippen LogP contribution in [-0.4, -0.2) is 23.3 Å². The van der Waals surface area contributed by atoms with Gasteiger partial charge in [0.15, 0.2) is 0 Å². The number of nitrogens with one attached hydrogen (secondary N) is 1. The van der Waals surface area contributed by atoms with Crippen molar-refractivity contribution in [3.05, 3.63) is 41.3 Å². The minimum atomic E-state index is 0.0500. The van der Waals surface area contributed by atoms with Crippen molar-refractivity contribution >= 4 is 6.01 Å². The molecule has 0 amide bonds. The van der Waals surface area contributed by atoms with E-state index in [1.165, 1.54) is 30.4 Å². The van der Waals surface area contributed by atoms with Crippen LogP contribution in [0.25, 0.3) is 0 Å². The minimum absolute atomic E-state index is 0.0500. The summed E-state index contributed by atoms with van der Waals surface area (Å²) in [6.45, 7) is 1.42. The number of benzene rings is 1. The van der Waals surface area contributed by atoms with Gasteiger partial charge in [-0.2, -0.15) is 0 Å². The molecular weight excluding hydrogens is 266 g/mol. The van der Waals surface area contributed by atoms with Crippen molar-refractivity contribution in [3.8, 4) is 0 Å². The fourth-order valence-corrected chi connectivity index (χ4v) is 2.95. The molecule has 1 aromatic heterocycles. The molecule has 2 aromatic rings. The van der Waals surface area contributed by atoms with Crippen molar-refractivity contribution in [2.45, 2.75) is 37.7 Å². The fraction of sp³-hybridized carbons (Fsp3) is 0.500. The standard InChI is InChI=1S/C16H19N3O2/c1-2-7-13-11(4-1)8-9-20-14(13)10-17-16-19-18-15(21-16)12-5-3-6-12/h1-2,4,7,12,14H,3,5-6,8-10H2,(H,17,19). The molecule has 1 N–H and O–H groups in total. The van der Waals surface area contributed by atoms with Gasteiger partial charge in [0.2, 0.25) is 5.89 Å². The molecule has 2 aliphatic rings. The average Bonchev–Trinajstić information content (AvgIpc) is 2.91. The van der Waals surface area contributed by atoms with E-state index < -0.39 is 0 Å². The molecule has 21 heavy (non-hydrogen) atoms. The number of hydrogen-bond acceptors (Lipinski definition) is 5. The summed E-state index contributed by atoms with van der Waals surface area (Å²) in [7, 11) is 0. The number of ether oxygens (including phenoxy) is 1. The van der Waals surface area contributed by atoms with Crippen molar-refractivity contribution in [1.29, 1.82) is 0 Å². The number of rotatable bonds is 4. The van der Waals surface area contributed by atoms with Crippen LogP contribution >= 0.6 is 0 Å². The number of fused-ring (bicyclic) bond motifs is 1. The Labute approximate surface area is 123 Å². The van der Waals surface area contributed by atoms with E-state index in [0.29, 0.717) is 18.5 Å². The van der Waals surface area contributed by atoms with Crippen LogP contribution in [0.1, 0.15) is 48.3 Å². The zero-order chi connectivity index (χ0) is 14.1. The Bertz CT molecular complexity index is 621. The topological polar surface area (TPSA) is 60.2 Å². The van der Waals surface area contributed by atoms with Gasteiger partial charge >= 0.3 is 6.01 Å². The molecule has 0 spiro atoms. The highest BCUT2D eigenvalue weighted by Crippen LogP contribution is 2.36. The van der Waals surface area contributed by atoms with E-state index in [1.807, 2.05) is 0 Å². The Kier molecular flexibility index (Phi) is 3.35. The molecule has 1 unspecified atom stereocenters. The Hall–Kier alpha value is -1.88. The Morgan fingerprint density at radius 1 is 1.19 bits per heavy atom. The van der Waals surface area contributed by atoms with Crippen molar-refractivity contribution in [2.75, 3.05) is 18.5 Å². The lowest BCUT2D eigenvalue weighted by atomic mass is 9.85. The lowest BCUT2D eigenvalue weighted by Crippen LogP contribution is -2.22. The normalized spacial score (nSPS) is 21.6. The summed E-state index contributed by atoms with van der Waals surface area (Å²) in [5.41, 5.74) is 2.63. The summed E-state index contributed by atoms with van der Waals surface area (Å²) in [6, 6.07) is 8.95. The molecule has 4 rings (SSSR count). The van der Waals surface area contributed by atoms with E-state index in [-0.39, 0.29) is 6.10 Å². The maximum Gasteiger partial charge on any atom is 0.315 e. The third-order valence-corrected chi connectivity index (χ3v) is 4.43. The fourth-order valence-electron chi connectivity index (χ4n) is 2.95. The second kappa shape index (κ2) is 5.48. The van der Waals surface area contributed by atoms with E-state index in [1.54, 1.807) is 0 Å². The number of hydrogen-bond donors (Lipinski definition) is 1. The van der Waals surface area contributed by atoms with Crippen molar-refractivity contribution in [2.24, 2.45) is 0 Å². The molecule has 1 fully saturated rings. The predicted octanol–water partition coefficient (Wildman–Crippen LogP) is 3.06. The van der Waals surface area contributed by atoms with Crippen LogP contribution in [0.4, 0.5) is 6.01 Å². The first kappa shape index (κ1) is 12.8. The van der Waals surface area contributed by atoms with Crippen LogP contribution in [-0.2, 0) is 11.2 Å². The van der Waals surface area contributed by atoms with E-state index >= 15 is 0 Å². The number of nitrogens with zero attached hydrogens (tertiary/aromatic N) is 2. The highest BCUT2D eigenvalue weighted by atomic mass is 16.5. The zero-order valence-corrected chi connectivity index (χ0v) is 11.9. The van der Waals surface area contributed by atoms with Crippen LogP contribution in [0.5, 0.6) is 0 Å². The maximum atomic E-state index is 5.86. The SMILES string of the molecule is c1ccc2c(c1)CCOC2CNc1nnc(C2CCC2)o1. The molecule has 110 valence electrons. The van der Waals surface area contributed by atoms with Gasteiger partial charge in [0.25, 0.3) is 0 Å². The van der Waals surface area contributed by atoms with Crippen LogP contribution in [0.3, 0.4) is 0 Å². The van der Waals surface area contributed by atoms with Crippen LogP contribution in [0.15, 0.2) is 28.7 Å². The average molecular weight is 285 g/mol. The first-order chi connectivity index (χ1) is 10.4. The third kappa shape index (κ3) is 2.53. The molecule has 1 aliphatic heterocycles. The minimum Gasteiger partial charge on any atom is -0.408 e. The molecule has 5 heteroatoms. The molecular formula is C16H19N3O2. The first-order valence-electron chi connectivity index (χ1n) is 7.67. The summed E-state index contributed by atoms with van der Waals surface area (Å²) < 4.78 is 11.5. The van der Waals surface area contributed by atoms with Crippen molar-refractivity contribution < 1.29 is 9.15 Å². The summed E-state index contributed by atoms with van der Waals surface area (Å²) in [4.78, 5) is 0. The lowest BCUT2D eigenvalue weighted by molar-refractivity contribution is 0.0510. The second-order valence-corrected chi connectivity index (χ2v) is 5.76. The van der Waals surface area contributed by atoms with Gasteiger partial charge in [-0.1, -0.05) is 35.8 Å². The Morgan fingerprint density at radius 2 is 2.10 bits per heavy atom. The highest BCUT2D eigenvalue weighted by molar-refractivity contribution is 5.32. The van der Waals surface area contributed by atoms with Gasteiger partial charge in [-0.05, 0) is 30.4 Å². The molecule has 1 aromatic carbocycles. The van der Waals surface area contributed by atoms with Crippen LogP contribution < -0.4 is 5.32 Å². The van der Waals surface area contributed by atoms with Gasteiger partial charge in [-0.15, -0.1) is 5.10 Å². The van der Waals surface area contributed by atoms with Crippen LogP contribution in [0.2, 0.25) is 0 Å². The smallest absolute Gasteiger partial charge is 0.315 e. The Morgan fingerprint density at radius 3 is 2.95 bits per heavy atom. The molecule has 1 aliphatic carbocycles. The highest BCUT2D eigenvalue weighted by Gasteiger charge is 2.26. The van der Waals surface area contributed by atoms with Gasteiger partial charge in [0.1, 0.15) is 6.10 Å². The van der Waals surface area contributed by atoms with Gasteiger partial charge < -0.3 is 14.5 Å². The number of aromatic nitrogens is 2. The maximum absolute atomic E-state index is 5.86. The van der Waals surface area contributed by atoms with E-state index in [2.05, 4.69) is 39.8 Å². The van der Waals surface area contributed by atoms with E-state index in [9.17, 15) is 0 Å². The van der Waals surface area contributed by atoms with Crippen molar-refractivity contribution in [3.63, 3.8) is 0 Å². The summed E-state index contributed by atoms with van der Waals surface area (Å²) in [5, 5.41) is 11.4. The molecule has 1 saturated carbocycles. The molecule has 0 saturated heterocycles. The summed E-state index contributed by atoms with van der Waals surface area (Å²) in [5.74, 6) is 1.24. The quantitative estimate of drug-likeness (QED) is 0.935. The second-order valence-electron chi connectivity index (χ2n) is 5.76. The monoisotopic (exact) mass is 285 g/mol. The van der Waals surface area contributed by atoms with Crippen LogP contribution in [0, 0.1) is 0 Å². The van der Waals surface area contributed by atoms with Crippen molar-refractivity contribution in [1.82, 2.24) is 10.2 Å². The summed E-state index contributed by atoms with van der Waals surface area (Å²) in [6.07, 6.45) is 4.64. The summed E-state index contributed by atoms with van der Waals surface area (Å²) >= 11 is 0. The Balaban J connectivity index is 1.42. The third-order valence-electron chi connectivity index (χ3n) is 4.43. The molecule has 0 radical (unpaired) electrons. The van der Waals surface area contributed by atoms with Gasteiger partial charge in [-0.25, -0.2) is 0 Å². The van der Waals surface area contributed by atoms with E-state index in [0.717, 1.165) is 18.9 Å². The largest absolute Gasteiger partial charge is 0.408 e.